The number of aromatic nitrogens is 9. The van der Waals surface area contributed by atoms with Crippen LogP contribution in [-0.4, -0.2) is 58.1 Å². The van der Waals surface area contributed by atoms with E-state index >= 15 is 0 Å². The molecule has 0 fully saturated rings. The molecule has 6 aromatic heterocycles. The average molecular weight is 797 g/mol. The van der Waals surface area contributed by atoms with Crippen molar-refractivity contribution in [1.29, 1.82) is 5.26 Å². The summed E-state index contributed by atoms with van der Waals surface area (Å²) in [7, 11) is 0. The first-order valence-electron chi connectivity index (χ1n) is 19.7. The Bertz CT molecular complexity index is 3540. The molecule has 0 saturated carbocycles. The smallest absolute Gasteiger partial charge is 0.338 e. The number of nitrogens with one attached hydrogen (secondary N) is 6. The number of benzene rings is 6. The maximum Gasteiger partial charge on any atom is 0.338 e. The SMILES string of the molecule is CCOC(=O)c1ccc2[nH]c(-c3n[nH]c4ccccc34)cc2c1.N#Cc1ccc2[nH]c(-c3n[nH]c4ccccc34)cc2c1.c1ccc2[nH]c(-c3n[nH]c4ccccc34)cc2c1. The van der Waals surface area contributed by atoms with E-state index in [1.54, 1.807) is 13.0 Å². The molecule has 294 valence electrons. The number of aromatic amines is 6. The van der Waals surface area contributed by atoms with Crippen LogP contribution in [0.1, 0.15) is 22.8 Å². The van der Waals surface area contributed by atoms with E-state index < -0.39 is 0 Å². The van der Waals surface area contributed by atoms with E-state index in [2.05, 4.69) is 75.9 Å². The molecular formula is C49H36N10O2. The van der Waals surface area contributed by atoms with Crippen LogP contribution in [-0.2, 0) is 4.74 Å². The Balaban J connectivity index is 0.000000110. The molecule has 0 unspecified atom stereocenters. The van der Waals surface area contributed by atoms with Crippen molar-refractivity contribution >= 4 is 71.4 Å². The fourth-order valence-corrected chi connectivity index (χ4v) is 7.64. The van der Waals surface area contributed by atoms with Gasteiger partial charge in [-0.25, -0.2) is 4.79 Å². The van der Waals surface area contributed by atoms with Gasteiger partial charge in [0, 0.05) is 48.9 Å². The molecular weight excluding hydrogens is 761 g/mol. The Morgan fingerprint density at radius 1 is 0.508 bits per heavy atom. The van der Waals surface area contributed by atoms with E-state index in [9.17, 15) is 4.79 Å². The first-order valence-corrected chi connectivity index (χ1v) is 19.7. The topological polar surface area (TPSA) is 183 Å². The molecule has 12 aromatic rings. The minimum absolute atomic E-state index is 0.303. The summed E-state index contributed by atoms with van der Waals surface area (Å²) in [4.78, 5) is 22.0. The molecule has 12 heteroatoms. The van der Waals surface area contributed by atoms with Crippen molar-refractivity contribution in [3.63, 3.8) is 0 Å². The van der Waals surface area contributed by atoms with E-state index in [0.717, 1.165) is 94.2 Å². The molecule has 0 aliphatic heterocycles. The highest BCUT2D eigenvalue weighted by Crippen LogP contribution is 2.31. The van der Waals surface area contributed by atoms with E-state index in [0.29, 0.717) is 17.7 Å². The highest BCUT2D eigenvalue weighted by Gasteiger charge is 2.14. The second-order valence-electron chi connectivity index (χ2n) is 14.4. The molecule has 6 heterocycles. The van der Waals surface area contributed by atoms with Gasteiger partial charge in [-0.1, -0.05) is 72.8 Å². The summed E-state index contributed by atoms with van der Waals surface area (Å²) in [5.74, 6) is -0.303. The number of ether oxygens (including phenoxy) is 1. The van der Waals surface area contributed by atoms with Crippen molar-refractivity contribution < 1.29 is 9.53 Å². The average Bonchev–Trinajstić information content (AvgIpc) is 4.16. The number of nitrogens with zero attached hydrogens (tertiary/aromatic N) is 4. The van der Waals surface area contributed by atoms with Gasteiger partial charge in [0.15, 0.2) is 0 Å². The Morgan fingerprint density at radius 2 is 0.934 bits per heavy atom. The van der Waals surface area contributed by atoms with Crippen LogP contribution in [0.3, 0.4) is 0 Å². The molecule has 6 aromatic carbocycles. The fourth-order valence-electron chi connectivity index (χ4n) is 7.64. The molecule has 12 nitrogen and oxygen atoms in total. The predicted molar refractivity (Wildman–Crippen MR) is 241 cm³/mol. The highest BCUT2D eigenvalue weighted by molar-refractivity contribution is 6.00. The molecule has 6 N–H and O–H groups in total. The Morgan fingerprint density at radius 3 is 1.43 bits per heavy atom. The molecule has 0 spiro atoms. The third kappa shape index (κ3) is 7.02. The molecule has 0 radical (unpaired) electrons. The number of fused-ring (bicyclic) bond motifs is 6. The van der Waals surface area contributed by atoms with Gasteiger partial charge >= 0.3 is 5.97 Å². The lowest BCUT2D eigenvalue weighted by Gasteiger charge is -2.00. The number of carbonyl (C=O) groups excluding carboxylic acids is 1. The van der Waals surface area contributed by atoms with E-state index in [4.69, 9.17) is 10.00 Å². The van der Waals surface area contributed by atoms with Crippen molar-refractivity contribution in [3.05, 3.63) is 163 Å². The minimum Gasteiger partial charge on any atom is -0.462 e. The summed E-state index contributed by atoms with van der Waals surface area (Å²) in [6.07, 6.45) is 0. The van der Waals surface area contributed by atoms with Crippen LogP contribution in [0, 0.1) is 11.3 Å². The minimum atomic E-state index is -0.303. The Labute approximate surface area is 347 Å². The normalized spacial score (nSPS) is 11.1. The first kappa shape index (κ1) is 36.6. The summed E-state index contributed by atoms with van der Waals surface area (Å²) in [6.45, 7) is 2.17. The lowest BCUT2D eigenvalue weighted by molar-refractivity contribution is 0.0526. The molecule has 0 amide bonds. The lowest BCUT2D eigenvalue weighted by atomic mass is 10.1. The van der Waals surface area contributed by atoms with E-state index in [1.165, 1.54) is 5.39 Å². The van der Waals surface area contributed by atoms with Crippen molar-refractivity contribution in [1.82, 2.24) is 45.5 Å². The van der Waals surface area contributed by atoms with Gasteiger partial charge in [0.05, 0.1) is 57.4 Å². The van der Waals surface area contributed by atoms with Gasteiger partial charge in [0.1, 0.15) is 17.1 Å². The molecule has 12 rings (SSSR count). The molecule has 0 bridgehead atoms. The van der Waals surface area contributed by atoms with Crippen LogP contribution < -0.4 is 0 Å². The van der Waals surface area contributed by atoms with Gasteiger partial charge in [-0.15, -0.1) is 0 Å². The molecule has 61 heavy (non-hydrogen) atoms. The van der Waals surface area contributed by atoms with Crippen molar-refractivity contribution in [3.8, 4) is 40.2 Å². The van der Waals surface area contributed by atoms with Crippen molar-refractivity contribution in [2.24, 2.45) is 0 Å². The summed E-state index contributed by atoms with van der Waals surface area (Å²) in [5, 5.41) is 37.7. The largest absolute Gasteiger partial charge is 0.462 e. The maximum atomic E-state index is 11.8. The van der Waals surface area contributed by atoms with Crippen molar-refractivity contribution in [2.45, 2.75) is 6.92 Å². The van der Waals surface area contributed by atoms with Crippen LogP contribution in [0.5, 0.6) is 0 Å². The molecule has 0 aliphatic carbocycles. The van der Waals surface area contributed by atoms with Crippen molar-refractivity contribution in [2.75, 3.05) is 6.61 Å². The molecule has 0 saturated heterocycles. The van der Waals surface area contributed by atoms with Crippen LogP contribution in [0.15, 0.2) is 152 Å². The number of H-pyrrole nitrogens is 6. The van der Waals surface area contributed by atoms with Crippen LogP contribution in [0.4, 0.5) is 0 Å². The monoisotopic (exact) mass is 796 g/mol. The number of nitriles is 1. The number of hydrogen-bond donors (Lipinski definition) is 6. The van der Waals surface area contributed by atoms with E-state index in [1.807, 2.05) is 121 Å². The second kappa shape index (κ2) is 15.6. The summed E-state index contributed by atoms with van der Waals surface area (Å²) >= 11 is 0. The van der Waals surface area contributed by atoms with Gasteiger partial charge in [-0.3, -0.25) is 15.3 Å². The number of rotatable bonds is 5. The second-order valence-corrected chi connectivity index (χ2v) is 14.4. The van der Waals surface area contributed by atoms with Crippen LogP contribution in [0.25, 0.3) is 99.6 Å². The van der Waals surface area contributed by atoms with E-state index in [-0.39, 0.29) is 5.97 Å². The van der Waals surface area contributed by atoms with Crippen LogP contribution >= 0.6 is 0 Å². The fraction of sp³-hybridized carbons (Fsp3) is 0.0408. The standard InChI is InChI=1S/C18H15N3O2.C16H10N4.C15H11N3/c1-2-23-18(22)11-7-8-14-12(9-11)10-16(19-14)17-13-5-3-4-6-15(13)20-21-17;17-9-10-5-6-13-11(7-10)8-15(18-13)16-12-3-1-2-4-14(12)19-20-16;1-3-7-12-10(5-1)9-14(16-12)15-11-6-2-4-8-13(11)17-18-15/h3-10,19H,2H2,1H3,(H,20,21);1-8,18H,(H,19,20);1-9,16H,(H,17,18). The van der Waals surface area contributed by atoms with Gasteiger partial charge in [0.25, 0.3) is 0 Å². The van der Waals surface area contributed by atoms with Gasteiger partial charge < -0.3 is 19.7 Å². The zero-order valence-corrected chi connectivity index (χ0v) is 32.7. The Hall–Kier alpha value is -8.69. The van der Waals surface area contributed by atoms with Crippen LogP contribution in [0.2, 0.25) is 0 Å². The van der Waals surface area contributed by atoms with Gasteiger partial charge in [-0.2, -0.15) is 20.6 Å². The number of esters is 1. The number of hydrogen-bond acceptors (Lipinski definition) is 6. The molecule has 0 atom stereocenters. The maximum absolute atomic E-state index is 11.8. The van der Waals surface area contributed by atoms with Gasteiger partial charge in [0.2, 0.25) is 0 Å². The number of carbonyl (C=O) groups is 1. The third-order valence-electron chi connectivity index (χ3n) is 10.6. The lowest BCUT2D eigenvalue weighted by Crippen LogP contribution is -2.03. The highest BCUT2D eigenvalue weighted by atomic mass is 16.5. The number of para-hydroxylation sites is 4. The molecule has 0 aliphatic rings. The summed E-state index contributed by atoms with van der Waals surface area (Å²) in [6, 6.07) is 51.9. The van der Waals surface area contributed by atoms with Gasteiger partial charge in [-0.05, 0) is 85.8 Å². The first-order chi connectivity index (χ1) is 30.0. The quantitative estimate of drug-likeness (QED) is 0.0942. The third-order valence-corrected chi connectivity index (χ3v) is 10.6. The summed E-state index contributed by atoms with van der Waals surface area (Å²) in [5.41, 5.74) is 13.0. The Kier molecular flexibility index (Phi) is 9.36. The zero-order chi connectivity index (χ0) is 41.3. The summed E-state index contributed by atoms with van der Waals surface area (Å²) < 4.78 is 5.05. The predicted octanol–water partition coefficient (Wildman–Crippen LogP) is 11.2. The zero-order valence-electron chi connectivity index (χ0n) is 32.7.